The molecule has 3 heteroatoms. The molecule has 21 heavy (non-hydrogen) atoms. The van der Waals surface area contributed by atoms with Gasteiger partial charge in [0.1, 0.15) is 4.83 Å². The van der Waals surface area contributed by atoms with Crippen LogP contribution >= 0.6 is 11.3 Å². The van der Waals surface area contributed by atoms with Crippen molar-refractivity contribution in [2.24, 2.45) is 0 Å². The smallest absolute Gasteiger partial charge is 0.197 e. The molecule has 2 heterocycles. The first kappa shape index (κ1) is 12.2. The Kier molecular flexibility index (Phi) is 2.79. The lowest BCUT2D eigenvalue weighted by molar-refractivity contribution is 1.42. The number of pyridine rings is 1. The molecule has 0 fully saturated rings. The topological polar surface area (TPSA) is 30.0 Å². The Balaban J connectivity index is 2.04. The molecule has 0 amide bonds. The molecule has 0 unspecified atom stereocenters. The number of hydrogen-bond donors (Lipinski definition) is 0. The van der Waals surface area contributed by atoms with Crippen LogP contribution in [-0.2, 0) is 0 Å². The summed E-state index contributed by atoms with van der Waals surface area (Å²) in [6.07, 6.45) is 0. The van der Waals surface area contributed by atoms with Crippen molar-refractivity contribution in [3.05, 3.63) is 77.0 Å². The molecule has 0 N–H and O–H groups in total. The monoisotopic (exact) mass is 289 g/mol. The average molecular weight is 289 g/mol. The van der Waals surface area contributed by atoms with Gasteiger partial charge in [0, 0.05) is 15.6 Å². The van der Waals surface area contributed by atoms with E-state index in [-0.39, 0.29) is 5.43 Å². The zero-order valence-corrected chi connectivity index (χ0v) is 11.9. The van der Waals surface area contributed by atoms with E-state index in [9.17, 15) is 4.79 Å². The van der Waals surface area contributed by atoms with Crippen LogP contribution in [0.1, 0.15) is 0 Å². The number of benzene rings is 2. The molecule has 2 aromatic carbocycles. The summed E-state index contributed by atoms with van der Waals surface area (Å²) < 4.78 is 0.979. The number of hydrogen-bond acceptors (Lipinski definition) is 3. The van der Waals surface area contributed by atoms with Crippen LogP contribution in [0.4, 0.5) is 0 Å². The van der Waals surface area contributed by atoms with Crippen LogP contribution < -0.4 is 5.43 Å². The minimum Gasteiger partial charge on any atom is -0.288 e. The van der Waals surface area contributed by atoms with E-state index in [0.29, 0.717) is 5.39 Å². The molecule has 0 spiro atoms. The summed E-state index contributed by atoms with van der Waals surface area (Å²) in [5, 5.41) is 1.46. The summed E-state index contributed by atoms with van der Waals surface area (Å²) in [5.41, 5.74) is 2.02. The van der Waals surface area contributed by atoms with Crippen molar-refractivity contribution in [3.8, 4) is 11.3 Å². The first-order chi connectivity index (χ1) is 10.3. The van der Waals surface area contributed by atoms with E-state index in [1.807, 2.05) is 66.7 Å². The maximum atomic E-state index is 12.5. The largest absolute Gasteiger partial charge is 0.288 e. The maximum Gasteiger partial charge on any atom is 0.197 e. The summed E-state index contributed by atoms with van der Waals surface area (Å²) in [6, 6.07) is 21.5. The van der Waals surface area contributed by atoms with Gasteiger partial charge in [-0.05, 0) is 24.3 Å². The van der Waals surface area contributed by atoms with Gasteiger partial charge in [-0.3, -0.25) is 4.79 Å². The second kappa shape index (κ2) is 4.79. The van der Waals surface area contributed by atoms with E-state index >= 15 is 0 Å². The van der Waals surface area contributed by atoms with Gasteiger partial charge in [0.15, 0.2) is 5.43 Å². The SMILES string of the molecule is O=c1c2ccccc2sc2nc(-c3ccccc3)ccc12. The highest BCUT2D eigenvalue weighted by Crippen LogP contribution is 2.26. The Morgan fingerprint density at radius 2 is 1.52 bits per heavy atom. The van der Waals surface area contributed by atoms with Gasteiger partial charge in [0.2, 0.25) is 0 Å². The maximum absolute atomic E-state index is 12.5. The molecule has 0 atom stereocenters. The zero-order valence-electron chi connectivity index (χ0n) is 11.1. The summed E-state index contributed by atoms with van der Waals surface area (Å²) in [6.45, 7) is 0. The molecule has 0 saturated heterocycles. The lowest BCUT2D eigenvalue weighted by Crippen LogP contribution is -2.01. The predicted octanol–water partition coefficient (Wildman–Crippen LogP) is 4.48. The second-order valence-corrected chi connectivity index (χ2v) is 5.87. The molecule has 4 rings (SSSR count). The zero-order chi connectivity index (χ0) is 14.2. The van der Waals surface area contributed by atoms with E-state index in [2.05, 4.69) is 4.98 Å². The Morgan fingerprint density at radius 1 is 0.762 bits per heavy atom. The number of fused-ring (bicyclic) bond motifs is 2. The minimum absolute atomic E-state index is 0.0615. The summed E-state index contributed by atoms with van der Waals surface area (Å²) in [7, 11) is 0. The molecule has 0 radical (unpaired) electrons. The van der Waals surface area contributed by atoms with E-state index in [1.165, 1.54) is 0 Å². The van der Waals surface area contributed by atoms with E-state index in [1.54, 1.807) is 11.3 Å². The molecule has 0 aliphatic heterocycles. The molecule has 100 valence electrons. The van der Waals surface area contributed by atoms with Crippen LogP contribution in [0.15, 0.2) is 71.5 Å². The molecule has 0 saturated carbocycles. The van der Waals surface area contributed by atoms with Gasteiger partial charge < -0.3 is 0 Å². The molecule has 0 aliphatic rings. The molecule has 0 bridgehead atoms. The molecule has 4 aromatic rings. The summed E-state index contributed by atoms with van der Waals surface area (Å²) >= 11 is 1.56. The predicted molar refractivity (Wildman–Crippen MR) is 88.8 cm³/mol. The third kappa shape index (κ3) is 2.03. The molecule has 2 nitrogen and oxygen atoms in total. The Morgan fingerprint density at radius 3 is 2.38 bits per heavy atom. The van der Waals surface area contributed by atoms with Gasteiger partial charge in [-0.2, -0.15) is 0 Å². The Labute approximate surface area is 125 Å². The van der Waals surface area contributed by atoms with Gasteiger partial charge in [-0.15, -0.1) is 11.3 Å². The minimum atomic E-state index is 0.0615. The normalized spacial score (nSPS) is 11.0. The van der Waals surface area contributed by atoms with Gasteiger partial charge in [0.25, 0.3) is 0 Å². The lowest BCUT2D eigenvalue weighted by Gasteiger charge is -2.04. The number of rotatable bonds is 1. The quantitative estimate of drug-likeness (QED) is 0.484. The lowest BCUT2D eigenvalue weighted by atomic mass is 10.1. The van der Waals surface area contributed by atoms with E-state index in [4.69, 9.17) is 0 Å². The van der Waals surface area contributed by atoms with Crippen LogP contribution in [0.25, 0.3) is 31.6 Å². The highest BCUT2D eigenvalue weighted by atomic mass is 32.1. The average Bonchev–Trinajstić information content (AvgIpc) is 2.55. The Bertz CT molecular complexity index is 1010. The molecular formula is C18H11NOS. The third-order valence-electron chi connectivity index (χ3n) is 3.51. The van der Waals surface area contributed by atoms with Crippen LogP contribution in [0.2, 0.25) is 0 Å². The van der Waals surface area contributed by atoms with Gasteiger partial charge >= 0.3 is 0 Å². The molecular weight excluding hydrogens is 278 g/mol. The van der Waals surface area contributed by atoms with Crippen molar-refractivity contribution in [2.45, 2.75) is 0 Å². The van der Waals surface area contributed by atoms with Crippen molar-refractivity contribution < 1.29 is 0 Å². The summed E-state index contributed by atoms with van der Waals surface area (Å²) in [4.78, 5) is 18.0. The second-order valence-electron chi connectivity index (χ2n) is 4.84. The number of aromatic nitrogens is 1. The van der Waals surface area contributed by atoms with Crippen LogP contribution in [0, 0.1) is 0 Å². The van der Waals surface area contributed by atoms with Crippen LogP contribution in [0.3, 0.4) is 0 Å². The fraction of sp³-hybridized carbons (Fsp3) is 0. The highest BCUT2D eigenvalue weighted by Gasteiger charge is 2.08. The van der Waals surface area contributed by atoms with Crippen LogP contribution in [-0.4, -0.2) is 4.98 Å². The Hall–Kier alpha value is -2.52. The molecule has 2 aromatic heterocycles. The molecule has 0 aliphatic carbocycles. The van der Waals surface area contributed by atoms with Gasteiger partial charge in [-0.25, -0.2) is 4.98 Å². The first-order valence-electron chi connectivity index (χ1n) is 6.71. The standard InChI is InChI=1S/C18H11NOS/c20-17-13-8-4-5-9-16(13)21-18-14(17)10-11-15(19-18)12-6-2-1-3-7-12/h1-11H. The highest BCUT2D eigenvalue weighted by molar-refractivity contribution is 7.24. The van der Waals surface area contributed by atoms with E-state index in [0.717, 1.165) is 26.2 Å². The van der Waals surface area contributed by atoms with Gasteiger partial charge in [-0.1, -0.05) is 42.5 Å². The van der Waals surface area contributed by atoms with Crippen molar-refractivity contribution in [3.63, 3.8) is 0 Å². The van der Waals surface area contributed by atoms with Crippen molar-refractivity contribution in [1.29, 1.82) is 0 Å². The van der Waals surface area contributed by atoms with Crippen LogP contribution in [0.5, 0.6) is 0 Å². The van der Waals surface area contributed by atoms with Gasteiger partial charge in [0.05, 0.1) is 11.1 Å². The first-order valence-corrected chi connectivity index (χ1v) is 7.52. The third-order valence-corrected chi connectivity index (χ3v) is 4.59. The van der Waals surface area contributed by atoms with Crippen molar-refractivity contribution >= 4 is 31.6 Å². The summed E-state index contributed by atoms with van der Waals surface area (Å²) in [5.74, 6) is 0. The van der Waals surface area contributed by atoms with Crippen molar-refractivity contribution in [1.82, 2.24) is 4.98 Å². The number of nitrogens with zero attached hydrogens (tertiary/aromatic N) is 1. The fourth-order valence-electron chi connectivity index (χ4n) is 2.45. The fourth-order valence-corrected chi connectivity index (χ4v) is 3.49. The van der Waals surface area contributed by atoms with Crippen molar-refractivity contribution in [2.75, 3.05) is 0 Å². The van der Waals surface area contributed by atoms with E-state index < -0.39 is 0 Å².